The molecule has 4 rings (SSSR count). The lowest BCUT2D eigenvalue weighted by atomic mass is 10.1. The fourth-order valence-corrected chi connectivity index (χ4v) is 4.01. The molecule has 3 aromatic rings. The Morgan fingerprint density at radius 3 is 2.76 bits per heavy atom. The summed E-state index contributed by atoms with van der Waals surface area (Å²) in [5.41, 5.74) is 2.16. The third-order valence-corrected chi connectivity index (χ3v) is 5.78. The summed E-state index contributed by atoms with van der Waals surface area (Å²) in [5, 5.41) is 1.76. The molecule has 0 aromatic carbocycles. The second-order valence-corrected chi connectivity index (χ2v) is 7.87. The first-order chi connectivity index (χ1) is 17.0. The first-order valence-electron chi connectivity index (χ1n) is 12.1. The maximum Gasteiger partial charge on any atom is 0.282 e. The summed E-state index contributed by atoms with van der Waals surface area (Å²) in [5.74, 6) is -1.04. The van der Waals surface area contributed by atoms with Crippen LogP contribution in [0.2, 0.25) is 0 Å². The van der Waals surface area contributed by atoms with Gasteiger partial charge >= 0.3 is 0 Å². The van der Waals surface area contributed by atoms with Gasteiger partial charge in [-0.25, -0.2) is 13.8 Å². The quantitative estimate of drug-likeness (QED) is 0.588. The number of fused-ring (bicyclic) bond motifs is 1. The molecular formula is C23H26F2N6O2. The Morgan fingerprint density at radius 2 is 2.06 bits per heavy atom. The molecule has 0 bridgehead atoms. The molecule has 3 aromatic heterocycles. The third-order valence-electron chi connectivity index (χ3n) is 5.78. The zero-order chi connectivity index (χ0) is 26.0. The number of pyridine rings is 3. The van der Waals surface area contributed by atoms with E-state index >= 15 is 0 Å². The number of aryl methyl sites for hydroxylation is 1. The van der Waals surface area contributed by atoms with Gasteiger partial charge in [-0.2, -0.15) is 0 Å². The van der Waals surface area contributed by atoms with Crippen LogP contribution in [-0.4, -0.2) is 58.9 Å². The van der Waals surface area contributed by atoms with Crippen LogP contribution in [0.4, 0.5) is 14.5 Å². The van der Waals surface area contributed by atoms with Gasteiger partial charge in [-0.3, -0.25) is 19.5 Å². The number of rotatable bonds is 6. The fourth-order valence-electron chi connectivity index (χ4n) is 4.01. The molecule has 0 saturated carbocycles. The number of aromatic nitrogens is 3. The molecule has 1 amide bonds. The van der Waals surface area contributed by atoms with Crippen molar-refractivity contribution in [3.8, 4) is 0 Å². The molecule has 0 spiro atoms. The van der Waals surface area contributed by atoms with Crippen molar-refractivity contribution in [2.75, 3.05) is 38.1 Å². The predicted molar refractivity (Wildman–Crippen MR) is 122 cm³/mol. The second kappa shape index (κ2) is 9.62. The minimum absolute atomic E-state index is 0.122. The minimum Gasteiger partial charge on any atom is -0.367 e. The molecule has 8 nitrogen and oxygen atoms in total. The van der Waals surface area contributed by atoms with Crippen molar-refractivity contribution in [3.05, 3.63) is 63.3 Å². The Labute approximate surface area is 193 Å². The van der Waals surface area contributed by atoms with Gasteiger partial charge in [-0.15, -0.1) is 0 Å². The Kier molecular flexibility index (Phi) is 5.57. The summed E-state index contributed by atoms with van der Waals surface area (Å²) in [6, 6.07) is 6.33. The lowest BCUT2D eigenvalue weighted by molar-refractivity contribution is 0.0956. The molecule has 1 saturated heterocycles. The zero-order valence-electron chi connectivity index (χ0n) is 21.1. The normalized spacial score (nSPS) is 16.5. The molecule has 1 fully saturated rings. The number of anilines is 1. The minimum atomic E-state index is -2.93. The lowest BCUT2D eigenvalue weighted by Crippen LogP contribution is -2.46. The lowest BCUT2D eigenvalue weighted by Gasteiger charge is -2.36. The van der Waals surface area contributed by atoms with Gasteiger partial charge in [-0.05, 0) is 36.2 Å². The van der Waals surface area contributed by atoms with Crippen LogP contribution in [0.15, 0.2) is 35.3 Å². The van der Waals surface area contributed by atoms with E-state index in [9.17, 15) is 18.4 Å². The van der Waals surface area contributed by atoms with E-state index < -0.39 is 25.0 Å². The molecule has 0 aliphatic carbocycles. The number of halogens is 2. The number of carbonyl (C=O) groups excluding carboxylic acids is 1. The van der Waals surface area contributed by atoms with Gasteiger partial charge in [-0.1, -0.05) is 6.92 Å². The van der Waals surface area contributed by atoms with Crippen LogP contribution in [0.5, 0.6) is 0 Å². The van der Waals surface area contributed by atoms with E-state index in [2.05, 4.69) is 19.9 Å². The zero-order valence-corrected chi connectivity index (χ0v) is 18.1. The Morgan fingerprint density at radius 1 is 1.27 bits per heavy atom. The Balaban J connectivity index is 1.44. The van der Waals surface area contributed by atoms with Gasteiger partial charge in [0.25, 0.3) is 17.9 Å². The number of hydrogen-bond donors (Lipinski definition) is 2. The van der Waals surface area contributed by atoms with Crippen molar-refractivity contribution in [1.29, 1.82) is 0 Å². The maximum atomic E-state index is 13.8. The summed E-state index contributed by atoms with van der Waals surface area (Å²) in [4.78, 5) is 39.2. The number of hydrogen-bond acceptors (Lipinski definition) is 6. The van der Waals surface area contributed by atoms with Gasteiger partial charge in [0.05, 0.1) is 16.7 Å². The van der Waals surface area contributed by atoms with E-state index in [0.29, 0.717) is 50.2 Å². The summed E-state index contributed by atoms with van der Waals surface area (Å²) in [7, 11) is 0. The summed E-state index contributed by atoms with van der Waals surface area (Å²) < 4.78 is 48.8. The SMILES string of the molecule is [2H]C([2H])([2H])NC(=O)c1ccc(N2CCN(Cc3cnc4cc(CC)c(=O)[nH]c4c3)CC2)c(C(F)F)n1. The van der Waals surface area contributed by atoms with Crippen LogP contribution in [0.1, 0.15) is 44.8 Å². The van der Waals surface area contributed by atoms with Crippen molar-refractivity contribution in [3.63, 3.8) is 0 Å². The van der Waals surface area contributed by atoms with Gasteiger partial charge in [0.1, 0.15) is 11.4 Å². The number of piperazine rings is 1. The fraction of sp³-hybridized carbons (Fsp3) is 0.391. The standard InChI is InChI=1S/C23H26F2N6O2/c1-3-15-11-17-18(29-22(15)32)10-14(12-27-17)13-30-6-8-31(9-7-30)19-5-4-16(23(33)26-2)28-20(19)21(24)25/h4-5,10-12,21H,3,6-9,13H2,1-2H3,(H,26,33)(H,29,32)/i2D3. The smallest absolute Gasteiger partial charge is 0.282 e. The molecular weight excluding hydrogens is 430 g/mol. The van der Waals surface area contributed by atoms with Gasteiger partial charge in [0, 0.05) is 55.6 Å². The average molecular weight is 460 g/mol. The maximum absolute atomic E-state index is 13.8. The molecule has 4 heterocycles. The van der Waals surface area contributed by atoms with Crippen molar-refractivity contribution < 1.29 is 17.7 Å². The molecule has 0 unspecified atom stereocenters. The molecule has 0 atom stereocenters. The van der Waals surface area contributed by atoms with E-state index in [4.69, 9.17) is 4.11 Å². The molecule has 0 radical (unpaired) electrons. The Hall–Kier alpha value is -3.40. The highest BCUT2D eigenvalue weighted by Gasteiger charge is 2.25. The number of carbonyl (C=O) groups is 1. The van der Waals surface area contributed by atoms with Crippen molar-refractivity contribution in [2.24, 2.45) is 0 Å². The largest absolute Gasteiger partial charge is 0.367 e. The Bertz CT molecular complexity index is 1320. The highest BCUT2D eigenvalue weighted by atomic mass is 19.3. The third kappa shape index (κ3) is 4.85. The first kappa shape index (κ1) is 19.1. The molecule has 1 aliphatic heterocycles. The predicted octanol–water partition coefficient (Wildman–Crippen LogP) is 2.50. The summed E-state index contributed by atoms with van der Waals surface area (Å²) in [6.07, 6.45) is -0.536. The number of amides is 1. The van der Waals surface area contributed by atoms with Crippen molar-refractivity contribution >= 4 is 22.6 Å². The monoisotopic (exact) mass is 459 g/mol. The summed E-state index contributed by atoms with van der Waals surface area (Å²) >= 11 is 0. The van der Waals surface area contributed by atoms with Crippen LogP contribution in [-0.2, 0) is 13.0 Å². The van der Waals surface area contributed by atoms with Crippen molar-refractivity contribution in [2.45, 2.75) is 26.3 Å². The van der Waals surface area contributed by atoms with E-state index in [1.165, 1.54) is 12.1 Å². The average Bonchev–Trinajstić information content (AvgIpc) is 2.82. The van der Waals surface area contributed by atoms with Crippen LogP contribution >= 0.6 is 0 Å². The number of aromatic amines is 1. The molecule has 2 N–H and O–H groups in total. The van der Waals surface area contributed by atoms with Gasteiger partial charge < -0.3 is 15.2 Å². The number of nitrogens with zero attached hydrogens (tertiary/aromatic N) is 4. The first-order valence-corrected chi connectivity index (χ1v) is 10.6. The van der Waals surface area contributed by atoms with Gasteiger partial charge in [0.15, 0.2) is 0 Å². The highest BCUT2D eigenvalue weighted by Crippen LogP contribution is 2.29. The van der Waals surface area contributed by atoms with E-state index in [1.807, 2.05) is 13.0 Å². The van der Waals surface area contributed by atoms with Crippen LogP contribution in [0, 0.1) is 0 Å². The number of nitrogens with one attached hydrogen (secondary N) is 2. The number of H-pyrrole nitrogens is 1. The molecule has 33 heavy (non-hydrogen) atoms. The second-order valence-electron chi connectivity index (χ2n) is 7.87. The van der Waals surface area contributed by atoms with E-state index in [0.717, 1.165) is 11.1 Å². The number of alkyl halides is 2. The molecule has 174 valence electrons. The van der Waals surface area contributed by atoms with Gasteiger partial charge in [0.2, 0.25) is 0 Å². The topological polar surface area (TPSA) is 94.2 Å². The molecule has 1 aliphatic rings. The van der Waals surface area contributed by atoms with E-state index in [1.54, 1.807) is 22.5 Å². The van der Waals surface area contributed by atoms with Crippen LogP contribution in [0.3, 0.4) is 0 Å². The summed E-state index contributed by atoms with van der Waals surface area (Å²) in [6.45, 7) is 1.85. The highest BCUT2D eigenvalue weighted by molar-refractivity contribution is 5.92. The van der Waals surface area contributed by atoms with Crippen LogP contribution in [0.25, 0.3) is 11.0 Å². The van der Waals surface area contributed by atoms with E-state index in [-0.39, 0.29) is 16.9 Å². The molecule has 10 heteroatoms. The van der Waals surface area contributed by atoms with Crippen molar-refractivity contribution in [1.82, 2.24) is 25.2 Å². The van der Waals surface area contributed by atoms with Crippen LogP contribution < -0.4 is 15.8 Å².